The van der Waals surface area contributed by atoms with Crippen molar-refractivity contribution in [3.05, 3.63) is 95.1 Å². The van der Waals surface area contributed by atoms with Crippen LogP contribution >= 0.6 is 0 Å². The van der Waals surface area contributed by atoms with Crippen LogP contribution in [-0.4, -0.2) is 70.7 Å². The van der Waals surface area contributed by atoms with Crippen LogP contribution in [0.4, 0.5) is 4.79 Å². The number of carboxylic acid groups (broad SMARTS) is 2. The van der Waals surface area contributed by atoms with E-state index in [0.29, 0.717) is 5.56 Å². The van der Waals surface area contributed by atoms with E-state index in [1.165, 1.54) is 31.2 Å². The van der Waals surface area contributed by atoms with Crippen molar-refractivity contribution in [2.24, 2.45) is 5.73 Å². The van der Waals surface area contributed by atoms with Crippen LogP contribution in [-0.2, 0) is 30.3 Å². The first-order chi connectivity index (χ1) is 21.9. The van der Waals surface area contributed by atoms with Crippen molar-refractivity contribution in [2.45, 2.75) is 50.2 Å². The summed E-state index contributed by atoms with van der Waals surface area (Å²) in [4.78, 5) is 73.6. The van der Waals surface area contributed by atoms with E-state index in [4.69, 9.17) is 10.5 Å². The fourth-order valence-corrected chi connectivity index (χ4v) is 5.20. The Bertz CT molecular complexity index is 1590. The largest absolute Gasteiger partial charge is 0.481 e. The molecule has 4 amide bonds. The lowest BCUT2D eigenvalue weighted by molar-refractivity contribution is -0.137. The zero-order valence-corrected chi connectivity index (χ0v) is 24.9. The molecule has 0 fully saturated rings. The van der Waals surface area contributed by atoms with Crippen molar-refractivity contribution >= 4 is 35.8 Å². The van der Waals surface area contributed by atoms with E-state index in [9.17, 15) is 39.0 Å². The molecule has 0 heterocycles. The van der Waals surface area contributed by atoms with Crippen molar-refractivity contribution in [2.75, 3.05) is 6.61 Å². The Hall–Kier alpha value is -5.72. The van der Waals surface area contributed by atoms with Gasteiger partial charge in [0.15, 0.2) is 0 Å². The average molecular weight is 631 g/mol. The lowest BCUT2D eigenvalue weighted by Gasteiger charge is -2.24. The molecule has 240 valence electrons. The van der Waals surface area contributed by atoms with Crippen LogP contribution in [0.2, 0.25) is 0 Å². The number of alkyl carbamates (subject to hydrolysis) is 1. The molecule has 3 atom stereocenters. The van der Waals surface area contributed by atoms with E-state index < -0.39 is 60.3 Å². The van der Waals surface area contributed by atoms with Crippen molar-refractivity contribution in [3.8, 4) is 11.1 Å². The van der Waals surface area contributed by atoms with Gasteiger partial charge in [0.25, 0.3) is 0 Å². The monoisotopic (exact) mass is 630 g/mol. The van der Waals surface area contributed by atoms with Crippen molar-refractivity contribution in [1.29, 1.82) is 0 Å². The van der Waals surface area contributed by atoms with Crippen molar-refractivity contribution in [3.63, 3.8) is 0 Å². The van der Waals surface area contributed by atoms with Gasteiger partial charge in [-0.2, -0.15) is 0 Å². The fraction of sp³-hybridized carbons (Fsp3) is 0.273. The summed E-state index contributed by atoms with van der Waals surface area (Å²) >= 11 is 0. The number of carbonyl (C=O) groups is 6. The maximum atomic E-state index is 13.4. The Kier molecular flexibility index (Phi) is 10.7. The quantitative estimate of drug-likeness (QED) is 0.154. The number of nitrogens with two attached hydrogens (primary N) is 1. The summed E-state index contributed by atoms with van der Waals surface area (Å²) < 4.78 is 5.53. The predicted molar refractivity (Wildman–Crippen MR) is 165 cm³/mol. The zero-order chi connectivity index (χ0) is 33.4. The SMILES string of the molecule is C[C@H](NC(=O)[C@H](Cc1ccc(C(=O)O)cc1)NC(=O)[C@H](CCC(=O)O)NC(=O)OCC1c2ccccc2-c2ccccc21)C(N)=O. The van der Waals surface area contributed by atoms with Gasteiger partial charge in [-0.3, -0.25) is 19.2 Å². The molecule has 46 heavy (non-hydrogen) atoms. The predicted octanol–water partition coefficient (Wildman–Crippen LogP) is 2.17. The maximum absolute atomic E-state index is 13.4. The number of ether oxygens (including phenoxy) is 1. The summed E-state index contributed by atoms with van der Waals surface area (Å²) in [6.45, 7) is 1.31. The number of carboxylic acids is 2. The Labute approximate surface area is 264 Å². The molecule has 3 aromatic carbocycles. The summed E-state index contributed by atoms with van der Waals surface area (Å²) in [6.07, 6.45) is -1.88. The second kappa shape index (κ2) is 14.8. The molecule has 0 bridgehead atoms. The molecular weight excluding hydrogens is 596 g/mol. The lowest BCUT2D eigenvalue weighted by atomic mass is 9.98. The van der Waals surface area contributed by atoms with Gasteiger partial charge in [0.05, 0.1) is 5.56 Å². The van der Waals surface area contributed by atoms with Crippen LogP contribution in [0.5, 0.6) is 0 Å². The molecule has 13 nitrogen and oxygen atoms in total. The molecule has 0 aliphatic heterocycles. The van der Waals surface area contributed by atoms with E-state index in [1.54, 1.807) is 0 Å². The van der Waals surface area contributed by atoms with Crippen LogP contribution in [0.25, 0.3) is 11.1 Å². The zero-order valence-electron chi connectivity index (χ0n) is 24.9. The molecule has 0 saturated heterocycles. The summed E-state index contributed by atoms with van der Waals surface area (Å²) in [7, 11) is 0. The molecule has 0 aromatic heterocycles. The molecule has 0 unspecified atom stereocenters. The van der Waals surface area contributed by atoms with Gasteiger partial charge in [0.2, 0.25) is 17.7 Å². The molecule has 3 aromatic rings. The summed E-state index contributed by atoms with van der Waals surface area (Å²) in [5, 5.41) is 25.8. The molecule has 7 N–H and O–H groups in total. The average Bonchev–Trinajstić information content (AvgIpc) is 3.35. The Balaban J connectivity index is 1.48. The van der Waals surface area contributed by atoms with E-state index in [0.717, 1.165) is 22.3 Å². The van der Waals surface area contributed by atoms with Gasteiger partial charge < -0.3 is 36.6 Å². The second-order valence-corrected chi connectivity index (χ2v) is 10.9. The minimum absolute atomic E-state index is 0.0113. The number of rotatable bonds is 14. The third kappa shape index (κ3) is 8.25. The van der Waals surface area contributed by atoms with E-state index >= 15 is 0 Å². The number of aliphatic carboxylic acids is 1. The molecule has 4 rings (SSSR count). The Morgan fingerprint density at radius 2 is 1.35 bits per heavy atom. The normalized spacial score (nSPS) is 13.7. The number of carbonyl (C=O) groups excluding carboxylic acids is 4. The number of nitrogens with one attached hydrogen (secondary N) is 3. The Morgan fingerprint density at radius 3 is 1.89 bits per heavy atom. The van der Waals surface area contributed by atoms with Crippen LogP contribution < -0.4 is 21.7 Å². The van der Waals surface area contributed by atoms with Crippen LogP contribution in [0.15, 0.2) is 72.8 Å². The number of primary amides is 1. The van der Waals surface area contributed by atoms with E-state index in [1.807, 2.05) is 48.5 Å². The Morgan fingerprint density at radius 1 is 0.783 bits per heavy atom. The number of fused-ring (bicyclic) bond motifs is 3. The molecule has 0 spiro atoms. The molecule has 0 radical (unpaired) electrons. The third-order valence-corrected chi connectivity index (χ3v) is 7.66. The smallest absolute Gasteiger partial charge is 0.407 e. The van der Waals surface area contributed by atoms with Gasteiger partial charge in [0, 0.05) is 18.8 Å². The minimum Gasteiger partial charge on any atom is -0.481 e. The number of hydrogen-bond donors (Lipinski definition) is 6. The minimum atomic E-state index is -1.40. The summed E-state index contributed by atoms with van der Waals surface area (Å²) in [5.41, 5.74) is 9.76. The number of benzene rings is 3. The molecule has 0 saturated carbocycles. The molecule has 13 heteroatoms. The topological polar surface area (TPSA) is 214 Å². The summed E-state index contributed by atoms with van der Waals surface area (Å²) in [5.74, 6) is -5.08. The highest BCUT2D eigenvalue weighted by Gasteiger charge is 2.31. The van der Waals surface area contributed by atoms with Crippen LogP contribution in [0, 0.1) is 0 Å². The first kappa shape index (κ1) is 33.2. The first-order valence-corrected chi connectivity index (χ1v) is 14.5. The highest BCUT2D eigenvalue weighted by molar-refractivity contribution is 5.94. The van der Waals surface area contributed by atoms with Gasteiger partial charge in [-0.1, -0.05) is 60.7 Å². The lowest BCUT2D eigenvalue weighted by Crippen LogP contribution is -2.56. The molecular formula is C33H34N4O9. The maximum Gasteiger partial charge on any atom is 0.407 e. The standard InChI is InChI=1S/C33H34N4O9/c1-18(29(34)40)35-31(42)27(16-19-10-12-20(13-11-19)32(43)44)36-30(41)26(14-15-28(38)39)37-33(45)46-17-25-23-8-4-2-6-21(23)22-7-3-5-9-24(22)25/h2-13,18,25-27H,14-17H2,1H3,(H2,34,40)(H,35,42)(H,36,41)(H,37,45)(H,38,39)(H,43,44)/t18-,26-,27-/m0/s1. The summed E-state index contributed by atoms with van der Waals surface area (Å²) in [6, 6.07) is 17.3. The van der Waals surface area contributed by atoms with E-state index in [2.05, 4.69) is 16.0 Å². The fourth-order valence-electron chi connectivity index (χ4n) is 5.20. The van der Waals surface area contributed by atoms with Gasteiger partial charge in [0.1, 0.15) is 24.7 Å². The van der Waals surface area contributed by atoms with Gasteiger partial charge in [-0.25, -0.2) is 9.59 Å². The van der Waals surface area contributed by atoms with Crippen LogP contribution in [0.3, 0.4) is 0 Å². The highest BCUT2D eigenvalue weighted by Crippen LogP contribution is 2.44. The number of hydrogen-bond acceptors (Lipinski definition) is 7. The first-order valence-electron chi connectivity index (χ1n) is 14.5. The van der Waals surface area contributed by atoms with Crippen molar-refractivity contribution < 1.29 is 43.7 Å². The number of amides is 4. The highest BCUT2D eigenvalue weighted by atomic mass is 16.5. The molecule has 1 aliphatic carbocycles. The van der Waals surface area contributed by atoms with E-state index in [-0.39, 0.29) is 30.9 Å². The van der Waals surface area contributed by atoms with Gasteiger partial charge in [-0.05, 0) is 53.3 Å². The molecule has 1 aliphatic rings. The van der Waals surface area contributed by atoms with Gasteiger partial charge in [-0.15, -0.1) is 0 Å². The second-order valence-electron chi connectivity index (χ2n) is 10.9. The van der Waals surface area contributed by atoms with Crippen molar-refractivity contribution in [1.82, 2.24) is 16.0 Å². The number of aromatic carboxylic acids is 1. The third-order valence-electron chi connectivity index (χ3n) is 7.66. The van der Waals surface area contributed by atoms with Gasteiger partial charge >= 0.3 is 18.0 Å². The van der Waals surface area contributed by atoms with Crippen LogP contribution in [0.1, 0.15) is 52.7 Å².